The number of halogens is 1. The summed E-state index contributed by atoms with van der Waals surface area (Å²) in [5.74, 6) is 0.651. The Morgan fingerprint density at radius 1 is 1.22 bits per heavy atom. The van der Waals surface area contributed by atoms with E-state index in [2.05, 4.69) is 10.1 Å². The standard InChI is InChI=1S/C13H11ClN4/c14-11-5-1-3-9(7-11)12-16-13-10(8-15)4-2-6-18(13)17-12/h1-7H,8,15H2. The zero-order chi connectivity index (χ0) is 12.5. The van der Waals surface area contributed by atoms with Gasteiger partial charge in [-0.25, -0.2) is 9.50 Å². The molecule has 0 aliphatic rings. The number of rotatable bonds is 2. The molecule has 0 unspecified atom stereocenters. The summed E-state index contributed by atoms with van der Waals surface area (Å²) in [4.78, 5) is 4.51. The smallest absolute Gasteiger partial charge is 0.182 e. The van der Waals surface area contributed by atoms with E-state index in [0.29, 0.717) is 17.4 Å². The Balaban J connectivity index is 2.19. The summed E-state index contributed by atoms with van der Waals surface area (Å²) in [5.41, 5.74) is 8.34. The molecule has 3 aromatic rings. The normalized spacial score (nSPS) is 11.0. The number of benzene rings is 1. The van der Waals surface area contributed by atoms with Gasteiger partial charge in [0.2, 0.25) is 0 Å². The minimum Gasteiger partial charge on any atom is -0.326 e. The molecular formula is C13H11ClN4. The highest BCUT2D eigenvalue weighted by Gasteiger charge is 2.08. The van der Waals surface area contributed by atoms with E-state index >= 15 is 0 Å². The molecule has 90 valence electrons. The molecule has 0 amide bonds. The van der Waals surface area contributed by atoms with Crippen molar-refractivity contribution in [2.75, 3.05) is 0 Å². The summed E-state index contributed by atoms with van der Waals surface area (Å²) < 4.78 is 1.73. The number of nitrogens with two attached hydrogens (primary N) is 1. The van der Waals surface area contributed by atoms with E-state index in [9.17, 15) is 0 Å². The maximum atomic E-state index is 5.97. The molecule has 0 aliphatic carbocycles. The Bertz CT molecular complexity index is 705. The number of nitrogens with zero attached hydrogens (tertiary/aromatic N) is 3. The van der Waals surface area contributed by atoms with Crippen LogP contribution in [0.1, 0.15) is 5.56 Å². The average Bonchev–Trinajstić information content (AvgIpc) is 2.82. The average molecular weight is 259 g/mol. The highest BCUT2D eigenvalue weighted by atomic mass is 35.5. The fourth-order valence-electron chi connectivity index (χ4n) is 1.87. The van der Waals surface area contributed by atoms with Crippen LogP contribution in [-0.4, -0.2) is 14.6 Å². The molecule has 0 spiro atoms. The Kier molecular flexibility index (Phi) is 2.74. The van der Waals surface area contributed by atoms with Crippen LogP contribution in [0.25, 0.3) is 17.0 Å². The van der Waals surface area contributed by atoms with E-state index in [1.807, 2.05) is 42.6 Å². The molecule has 0 saturated carbocycles. The number of fused-ring (bicyclic) bond motifs is 1. The Morgan fingerprint density at radius 3 is 2.89 bits per heavy atom. The van der Waals surface area contributed by atoms with E-state index in [-0.39, 0.29) is 0 Å². The van der Waals surface area contributed by atoms with Crippen LogP contribution in [0.3, 0.4) is 0 Å². The van der Waals surface area contributed by atoms with Crippen molar-refractivity contribution in [3.05, 3.63) is 53.2 Å². The van der Waals surface area contributed by atoms with Crippen LogP contribution >= 0.6 is 11.6 Å². The number of hydrogen-bond acceptors (Lipinski definition) is 3. The van der Waals surface area contributed by atoms with Gasteiger partial charge in [-0.15, -0.1) is 5.10 Å². The van der Waals surface area contributed by atoms with Crippen molar-refractivity contribution in [3.63, 3.8) is 0 Å². The van der Waals surface area contributed by atoms with E-state index in [4.69, 9.17) is 17.3 Å². The van der Waals surface area contributed by atoms with Gasteiger partial charge in [-0.3, -0.25) is 0 Å². The fraction of sp³-hybridized carbons (Fsp3) is 0.0769. The van der Waals surface area contributed by atoms with Crippen LogP contribution < -0.4 is 5.73 Å². The van der Waals surface area contributed by atoms with Crippen molar-refractivity contribution < 1.29 is 0 Å². The van der Waals surface area contributed by atoms with E-state index in [1.165, 1.54) is 0 Å². The summed E-state index contributed by atoms with van der Waals surface area (Å²) in [5, 5.41) is 5.10. The number of hydrogen-bond donors (Lipinski definition) is 1. The summed E-state index contributed by atoms with van der Waals surface area (Å²) in [7, 11) is 0. The molecule has 0 bridgehead atoms. The third kappa shape index (κ3) is 1.85. The van der Waals surface area contributed by atoms with E-state index in [1.54, 1.807) is 4.52 Å². The van der Waals surface area contributed by atoms with Crippen molar-refractivity contribution in [3.8, 4) is 11.4 Å². The fourth-order valence-corrected chi connectivity index (χ4v) is 2.06. The predicted molar refractivity (Wildman–Crippen MR) is 71.3 cm³/mol. The minimum atomic E-state index is 0.442. The summed E-state index contributed by atoms with van der Waals surface area (Å²) in [6.45, 7) is 0.442. The molecule has 1 aromatic carbocycles. The second-order valence-electron chi connectivity index (χ2n) is 3.95. The largest absolute Gasteiger partial charge is 0.326 e. The maximum Gasteiger partial charge on any atom is 0.182 e. The lowest BCUT2D eigenvalue weighted by Crippen LogP contribution is -1.99. The molecule has 2 heterocycles. The molecule has 0 aliphatic heterocycles. The lowest BCUT2D eigenvalue weighted by atomic mass is 10.2. The minimum absolute atomic E-state index is 0.442. The monoisotopic (exact) mass is 258 g/mol. The van der Waals surface area contributed by atoms with Gasteiger partial charge in [-0.05, 0) is 18.2 Å². The van der Waals surface area contributed by atoms with Gasteiger partial charge in [0.1, 0.15) is 0 Å². The summed E-state index contributed by atoms with van der Waals surface area (Å²) in [6, 6.07) is 11.3. The predicted octanol–water partition coefficient (Wildman–Crippen LogP) is 2.51. The second kappa shape index (κ2) is 4.40. The Labute approximate surface area is 109 Å². The first-order valence-electron chi connectivity index (χ1n) is 5.58. The topological polar surface area (TPSA) is 56.2 Å². The highest BCUT2D eigenvalue weighted by molar-refractivity contribution is 6.30. The molecule has 2 aromatic heterocycles. The van der Waals surface area contributed by atoms with Crippen LogP contribution in [0.4, 0.5) is 0 Å². The molecule has 0 radical (unpaired) electrons. The van der Waals surface area contributed by atoms with Gasteiger partial charge in [-0.1, -0.05) is 29.8 Å². The maximum absolute atomic E-state index is 5.97. The van der Waals surface area contributed by atoms with Crippen LogP contribution in [-0.2, 0) is 6.54 Å². The first kappa shape index (κ1) is 11.2. The zero-order valence-electron chi connectivity index (χ0n) is 9.55. The van der Waals surface area contributed by atoms with Gasteiger partial charge in [0.25, 0.3) is 0 Å². The van der Waals surface area contributed by atoms with Gasteiger partial charge in [-0.2, -0.15) is 0 Å². The van der Waals surface area contributed by atoms with Gasteiger partial charge in [0, 0.05) is 28.9 Å². The molecular weight excluding hydrogens is 248 g/mol. The summed E-state index contributed by atoms with van der Waals surface area (Å²) in [6.07, 6.45) is 1.86. The van der Waals surface area contributed by atoms with Gasteiger partial charge >= 0.3 is 0 Å². The van der Waals surface area contributed by atoms with Crippen LogP contribution in [0.5, 0.6) is 0 Å². The van der Waals surface area contributed by atoms with Crippen molar-refractivity contribution >= 4 is 17.2 Å². The molecule has 0 atom stereocenters. The van der Waals surface area contributed by atoms with Crippen LogP contribution in [0.2, 0.25) is 5.02 Å². The summed E-state index contributed by atoms with van der Waals surface area (Å²) >= 11 is 5.97. The van der Waals surface area contributed by atoms with Crippen LogP contribution in [0.15, 0.2) is 42.6 Å². The molecule has 0 fully saturated rings. The van der Waals surface area contributed by atoms with Gasteiger partial charge < -0.3 is 5.73 Å². The second-order valence-corrected chi connectivity index (χ2v) is 4.39. The molecule has 4 nitrogen and oxygen atoms in total. The highest BCUT2D eigenvalue weighted by Crippen LogP contribution is 2.21. The SMILES string of the molecule is NCc1cccn2nc(-c3cccc(Cl)c3)nc12. The van der Waals surface area contributed by atoms with Crippen LogP contribution in [0, 0.1) is 0 Å². The molecule has 0 saturated heterocycles. The molecule has 2 N–H and O–H groups in total. The lowest BCUT2D eigenvalue weighted by Gasteiger charge is -1.96. The third-order valence-corrected chi connectivity index (χ3v) is 2.98. The van der Waals surface area contributed by atoms with Gasteiger partial charge in [0.05, 0.1) is 0 Å². The van der Waals surface area contributed by atoms with E-state index < -0.39 is 0 Å². The third-order valence-electron chi connectivity index (χ3n) is 2.75. The van der Waals surface area contributed by atoms with Crippen molar-refractivity contribution in [1.82, 2.24) is 14.6 Å². The lowest BCUT2D eigenvalue weighted by molar-refractivity contribution is 0.944. The first-order chi connectivity index (χ1) is 8.78. The Hall–Kier alpha value is -1.91. The first-order valence-corrected chi connectivity index (χ1v) is 5.96. The quantitative estimate of drug-likeness (QED) is 0.768. The molecule has 5 heteroatoms. The van der Waals surface area contributed by atoms with Crippen molar-refractivity contribution in [1.29, 1.82) is 0 Å². The molecule has 18 heavy (non-hydrogen) atoms. The molecule has 3 rings (SSSR count). The van der Waals surface area contributed by atoms with E-state index in [0.717, 1.165) is 16.8 Å². The van der Waals surface area contributed by atoms with Crippen molar-refractivity contribution in [2.24, 2.45) is 5.73 Å². The number of aromatic nitrogens is 3. The Morgan fingerprint density at radius 2 is 2.11 bits per heavy atom. The van der Waals surface area contributed by atoms with Crippen molar-refractivity contribution in [2.45, 2.75) is 6.54 Å². The number of pyridine rings is 1. The zero-order valence-corrected chi connectivity index (χ0v) is 10.3. The van der Waals surface area contributed by atoms with Gasteiger partial charge in [0.15, 0.2) is 11.5 Å².